The SMILES string of the molecule is C=C[C@@]1(C)C=C(O[Si](C)(C)C)C[C@@H]1C. The van der Waals surface area contributed by atoms with Crippen LogP contribution in [0.1, 0.15) is 20.3 Å². The van der Waals surface area contributed by atoms with Crippen LogP contribution in [0.4, 0.5) is 0 Å². The molecule has 0 bridgehead atoms. The van der Waals surface area contributed by atoms with Crippen molar-refractivity contribution >= 4 is 8.32 Å². The van der Waals surface area contributed by atoms with Gasteiger partial charge in [0.15, 0.2) is 0 Å². The van der Waals surface area contributed by atoms with Crippen LogP contribution in [0, 0.1) is 11.3 Å². The summed E-state index contributed by atoms with van der Waals surface area (Å²) in [6, 6.07) is 0. The number of allylic oxidation sites excluding steroid dienone is 3. The monoisotopic (exact) mass is 210 g/mol. The van der Waals surface area contributed by atoms with Crippen LogP contribution in [0.5, 0.6) is 0 Å². The van der Waals surface area contributed by atoms with Crippen LogP contribution < -0.4 is 0 Å². The third kappa shape index (κ3) is 2.50. The molecule has 0 unspecified atom stereocenters. The molecule has 2 atom stereocenters. The minimum atomic E-state index is -1.43. The van der Waals surface area contributed by atoms with Gasteiger partial charge < -0.3 is 4.43 Å². The Morgan fingerprint density at radius 2 is 2.14 bits per heavy atom. The zero-order chi connectivity index (χ0) is 11.0. The van der Waals surface area contributed by atoms with E-state index in [0.717, 1.165) is 6.42 Å². The largest absolute Gasteiger partial charge is 0.548 e. The Balaban J connectivity index is 2.76. The maximum atomic E-state index is 6.02. The summed E-state index contributed by atoms with van der Waals surface area (Å²) in [4.78, 5) is 0. The second-order valence-corrected chi connectivity index (χ2v) is 9.93. The molecule has 0 aromatic rings. The summed E-state index contributed by atoms with van der Waals surface area (Å²) >= 11 is 0. The fourth-order valence-corrected chi connectivity index (χ4v) is 2.72. The highest BCUT2D eigenvalue weighted by Gasteiger charge is 2.34. The molecule has 2 heteroatoms. The summed E-state index contributed by atoms with van der Waals surface area (Å²) in [5.41, 5.74) is 0.134. The fourth-order valence-electron chi connectivity index (χ4n) is 1.79. The summed E-state index contributed by atoms with van der Waals surface area (Å²) in [5.74, 6) is 1.80. The Labute approximate surface area is 89.0 Å². The molecule has 0 amide bonds. The van der Waals surface area contributed by atoms with Crippen molar-refractivity contribution < 1.29 is 4.43 Å². The topological polar surface area (TPSA) is 9.23 Å². The van der Waals surface area contributed by atoms with E-state index in [9.17, 15) is 0 Å². The smallest absolute Gasteiger partial charge is 0.241 e. The van der Waals surface area contributed by atoms with Gasteiger partial charge >= 0.3 is 0 Å². The van der Waals surface area contributed by atoms with E-state index in [4.69, 9.17) is 4.43 Å². The molecule has 0 spiro atoms. The average molecular weight is 210 g/mol. The van der Waals surface area contributed by atoms with Crippen LogP contribution >= 0.6 is 0 Å². The van der Waals surface area contributed by atoms with Gasteiger partial charge in [-0.25, -0.2) is 0 Å². The van der Waals surface area contributed by atoms with Gasteiger partial charge in [-0.1, -0.05) is 19.9 Å². The lowest BCUT2D eigenvalue weighted by molar-refractivity contribution is 0.352. The Bertz CT molecular complexity index is 262. The normalized spacial score (nSPS) is 32.6. The molecule has 0 saturated carbocycles. The van der Waals surface area contributed by atoms with Crippen LogP contribution in [0.15, 0.2) is 24.5 Å². The minimum Gasteiger partial charge on any atom is -0.548 e. The molecule has 0 fully saturated rings. The maximum absolute atomic E-state index is 6.02. The Morgan fingerprint density at radius 1 is 1.57 bits per heavy atom. The molecule has 80 valence electrons. The zero-order valence-electron chi connectivity index (χ0n) is 10.1. The van der Waals surface area contributed by atoms with E-state index in [1.54, 1.807) is 0 Å². The Kier molecular flexibility index (Phi) is 2.95. The molecule has 1 aliphatic rings. The lowest BCUT2D eigenvalue weighted by atomic mass is 9.82. The first kappa shape index (κ1) is 11.6. The van der Waals surface area contributed by atoms with Gasteiger partial charge in [0.1, 0.15) is 0 Å². The summed E-state index contributed by atoms with van der Waals surface area (Å²) in [7, 11) is -1.43. The van der Waals surface area contributed by atoms with Crippen LogP contribution in [-0.2, 0) is 4.43 Å². The lowest BCUT2D eigenvalue weighted by Crippen LogP contribution is -2.24. The number of hydrogen-bond donors (Lipinski definition) is 0. The van der Waals surface area contributed by atoms with Crippen LogP contribution in [0.25, 0.3) is 0 Å². The standard InChI is InChI=1S/C12H22OSi/c1-7-12(3)9-11(8-10(12)2)13-14(4,5)6/h7,9-10H,1,8H2,2-6H3/t10-,12-/m0/s1. The summed E-state index contributed by atoms with van der Waals surface area (Å²) in [6.07, 6.45) is 5.36. The van der Waals surface area contributed by atoms with Gasteiger partial charge in [0.25, 0.3) is 0 Å². The molecular weight excluding hydrogens is 188 g/mol. The highest BCUT2D eigenvalue weighted by Crippen LogP contribution is 2.42. The molecule has 0 aromatic heterocycles. The quantitative estimate of drug-likeness (QED) is 0.506. The summed E-state index contributed by atoms with van der Waals surface area (Å²) in [6.45, 7) is 15.1. The van der Waals surface area contributed by atoms with E-state index in [1.165, 1.54) is 5.76 Å². The highest BCUT2D eigenvalue weighted by molar-refractivity contribution is 6.70. The first-order valence-corrected chi connectivity index (χ1v) is 8.72. The first-order chi connectivity index (χ1) is 6.27. The molecule has 0 heterocycles. The van der Waals surface area contributed by atoms with Gasteiger partial charge in [-0.05, 0) is 31.6 Å². The average Bonchev–Trinajstić information content (AvgIpc) is 2.25. The van der Waals surface area contributed by atoms with Crippen LogP contribution in [0.3, 0.4) is 0 Å². The van der Waals surface area contributed by atoms with Crippen molar-refractivity contribution in [3.05, 3.63) is 24.5 Å². The third-order valence-corrected chi connectivity index (χ3v) is 3.79. The predicted molar refractivity (Wildman–Crippen MR) is 64.6 cm³/mol. The van der Waals surface area contributed by atoms with Crippen LogP contribution in [0.2, 0.25) is 19.6 Å². The van der Waals surface area contributed by atoms with Crippen molar-refractivity contribution in [3.8, 4) is 0 Å². The predicted octanol–water partition coefficient (Wildman–Crippen LogP) is 3.95. The third-order valence-electron chi connectivity index (χ3n) is 2.92. The van der Waals surface area contributed by atoms with E-state index in [1.807, 2.05) is 6.08 Å². The zero-order valence-corrected chi connectivity index (χ0v) is 11.1. The van der Waals surface area contributed by atoms with Gasteiger partial charge in [-0.2, -0.15) is 0 Å². The summed E-state index contributed by atoms with van der Waals surface area (Å²) in [5, 5.41) is 0. The van der Waals surface area contributed by atoms with E-state index in [2.05, 4.69) is 46.1 Å². The Hall–Kier alpha value is -0.503. The molecule has 14 heavy (non-hydrogen) atoms. The van der Waals surface area contributed by atoms with Gasteiger partial charge in [0, 0.05) is 11.8 Å². The highest BCUT2D eigenvalue weighted by atomic mass is 28.4. The van der Waals surface area contributed by atoms with E-state index >= 15 is 0 Å². The van der Waals surface area contributed by atoms with Crippen molar-refractivity contribution in [2.75, 3.05) is 0 Å². The first-order valence-electron chi connectivity index (χ1n) is 5.31. The molecule has 0 radical (unpaired) electrons. The van der Waals surface area contributed by atoms with Gasteiger partial charge in [-0.3, -0.25) is 0 Å². The minimum absolute atomic E-state index is 0.134. The van der Waals surface area contributed by atoms with Gasteiger partial charge in [0.2, 0.25) is 8.32 Å². The molecule has 0 aliphatic heterocycles. The van der Waals surface area contributed by atoms with E-state index in [0.29, 0.717) is 5.92 Å². The lowest BCUT2D eigenvalue weighted by Gasteiger charge is -2.22. The Morgan fingerprint density at radius 3 is 2.50 bits per heavy atom. The van der Waals surface area contributed by atoms with Gasteiger partial charge in [-0.15, -0.1) is 6.58 Å². The second-order valence-electron chi connectivity index (χ2n) is 5.50. The van der Waals surface area contributed by atoms with Gasteiger partial charge in [0.05, 0.1) is 5.76 Å². The second kappa shape index (κ2) is 3.57. The van der Waals surface area contributed by atoms with E-state index < -0.39 is 8.32 Å². The van der Waals surface area contributed by atoms with Crippen molar-refractivity contribution in [2.24, 2.45) is 11.3 Å². The molecule has 0 aromatic carbocycles. The van der Waals surface area contributed by atoms with Crippen molar-refractivity contribution in [2.45, 2.75) is 39.9 Å². The van der Waals surface area contributed by atoms with E-state index in [-0.39, 0.29) is 5.41 Å². The number of hydrogen-bond acceptors (Lipinski definition) is 1. The summed E-state index contributed by atoms with van der Waals surface area (Å²) < 4.78 is 6.02. The van der Waals surface area contributed by atoms with Crippen molar-refractivity contribution in [1.29, 1.82) is 0 Å². The maximum Gasteiger partial charge on any atom is 0.241 e. The molecular formula is C12H22OSi. The van der Waals surface area contributed by atoms with Crippen molar-refractivity contribution in [3.63, 3.8) is 0 Å². The molecule has 1 nitrogen and oxygen atoms in total. The fraction of sp³-hybridized carbons (Fsp3) is 0.667. The molecule has 0 N–H and O–H groups in total. The molecule has 1 aliphatic carbocycles. The number of rotatable bonds is 3. The van der Waals surface area contributed by atoms with Crippen LogP contribution in [-0.4, -0.2) is 8.32 Å². The van der Waals surface area contributed by atoms with Crippen molar-refractivity contribution in [1.82, 2.24) is 0 Å². The molecule has 0 saturated heterocycles. The molecule has 1 rings (SSSR count).